The number of carbonyl (C=O) groups is 1. The average molecular weight is 380 g/mol. The molecule has 3 rings (SSSR count). The number of nitrogens with zero attached hydrogens (tertiary/aromatic N) is 6. The highest BCUT2D eigenvalue weighted by Crippen LogP contribution is 2.25. The SMILES string of the molecule is C=C(C=CCC)n1ncc2c(N3CCN(C(C)C(=O)/C=C\C)CC3)ncnc21. The summed E-state index contributed by atoms with van der Waals surface area (Å²) < 4.78 is 1.75. The minimum absolute atomic E-state index is 0.0970. The Hall–Kier alpha value is -2.80. The van der Waals surface area contributed by atoms with Crippen LogP contribution >= 0.6 is 0 Å². The zero-order chi connectivity index (χ0) is 20.1. The van der Waals surface area contributed by atoms with E-state index in [1.54, 1.807) is 29.4 Å². The van der Waals surface area contributed by atoms with Crippen LogP contribution in [0.4, 0.5) is 5.82 Å². The maximum Gasteiger partial charge on any atom is 0.172 e. The van der Waals surface area contributed by atoms with Crippen LogP contribution in [0.25, 0.3) is 16.7 Å². The average Bonchev–Trinajstić information content (AvgIpc) is 3.16. The van der Waals surface area contributed by atoms with Gasteiger partial charge in [0.2, 0.25) is 0 Å². The highest BCUT2D eigenvalue weighted by molar-refractivity contribution is 5.94. The number of aromatic nitrogens is 4. The number of hydrogen-bond acceptors (Lipinski definition) is 6. The molecule has 28 heavy (non-hydrogen) atoms. The second-order valence-electron chi connectivity index (χ2n) is 6.89. The third-order valence-electron chi connectivity index (χ3n) is 5.07. The molecular formula is C21H28N6O. The molecule has 0 radical (unpaired) electrons. The Labute approximate surface area is 166 Å². The molecule has 1 unspecified atom stereocenters. The molecule has 1 aliphatic rings. The van der Waals surface area contributed by atoms with E-state index >= 15 is 0 Å². The van der Waals surface area contributed by atoms with Crippen molar-refractivity contribution in [1.82, 2.24) is 24.6 Å². The van der Waals surface area contributed by atoms with E-state index in [1.807, 2.05) is 26.0 Å². The predicted octanol–water partition coefficient (Wildman–Crippen LogP) is 2.92. The van der Waals surface area contributed by atoms with E-state index < -0.39 is 0 Å². The number of carbonyl (C=O) groups excluding carboxylic acids is 1. The smallest absolute Gasteiger partial charge is 0.172 e. The minimum atomic E-state index is -0.0970. The lowest BCUT2D eigenvalue weighted by Gasteiger charge is -2.37. The van der Waals surface area contributed by atoms with Crippen LogP contribution < -0.4 is 4.90 Å². The third kappa shape index (κ3) is 4.04. The number of allylic oxidation sites excluding steroid dienone is 4. The van der Waals surface area contributed by atoms with Gasteiger partial charge >= 0.3 is 0 Å². The zero-order valence-corrected chi connectivity index (χ0v) is 16.9. The van der Waals surface area contributed by atoms with Crippen LogP contribution in [-0.4, -0.2) is 62.7 Å². The molecule has 1 fully saturated rings. The van der Waals surface area contributed by atoms with Crippen molar-refractivity contribution >= 4 is 28.3 Å². The Morgan fingerprint density at radius 3 is 2.68 bits per heavy atom. The Morgan fingerprint density at radius 1 is 1.25 bits per heavy atom. The van der Waals surface area contributed by atoms with Crippen molar-refractivity contribution < 1.29 is 4.79 Å². The molecule has 2 aromatic heterocycles. The van der Waals surface area contributed by atoms with Gasteiger partial charge < -0.3 is 4.90 Å². The summed E-state index contributed by atoms with van der Waals surface area (Å²) in [5.74, 6) is 1.04. The van der Waals surface area contributed by atoms with Crippen molar-refractivity contribution in [2.45, 2.75) is 33.2 Å². The number of hydrogen-bond donors (Lipinski definition) is 0. The Morgan fingerprint density at radius 2 is 2.00 bits per heavy atom. The lowest BCUT2D eigenvalue weighted by Crippen LogP contribution is -2.51. The molecule has 3 heterocycles. The Balaban J connectivity index is 1.77. The lowest BCUT2D eigenvalue weighted by atomic mass is 10.1. The molecule has 0 bridgehead atoms. The molecule has 0 spiro atoms. The molecule has 0 aliphatic carbocycles. The highest BCUT2D eigenvalue weighted by Gasteiger charge is 2.26. The Bertz CT molecular complexity index is 905. The largest absolute Gasteiger partial charge is 0.353 e. The fourth-order valence-corrected chi connectivity index (χ4v) is 3.42. The van der Waals surface area contributed by atoms with E-state index in [-0.39, 0.29) is 11.8 Å². The normalized spacial score (nSPS) is 17.0. The van der Waals surface area contributed by atoms with Crippen LogP contribution in [-0.2, 0) is 4.79 Å². The quantitative estimate of drug-likeness (QED) is 0.543. The van der Waals surface area contributed by atoms with Gasteiger partial charge in [0.25, 0.3) is 0 Å². The lowest BCUT2D eigenvalue weighted by molar-refractivity contribution is -0.119. The first-order valence-corrected chi connectivity index (χ1v) is 9.76. The van der Waals surface area contributed by atoms with E-state index in [1.165, 1.54) is 0 Å². The topological polar surface area (TPSA) is 67.2 Å². The van der Waals surface area contributed by atoms with E-state index in [0.717, 1.165) is 55.1 Å². The van der Waals surface area contributed by atoms with Crippen molar-refractivity contribution in [2.24, 2.45) is 0 Å². The maximum absolute atomic E-state index is 12.1. The zero-order valence-electron chi connectivity index (χ0n) is 16.9. The molecule has 0 N–H and O–H groups in total. The van der Waals surface area contributed by atoms with Crippen LogP contribution in [0.1, 0.15) is 27.2 Å². The fraction of sp³-hybridized carbons (Fsp3) is 0.429. The molecular weight excluding hydrogens is 352 g/mol. The van der Waals surface area contributed by atoms with E-state index in [2.05, 4.69) is 38.4 Å². The third-order valence-corrected chi connectivity index (χ3v) is 5.07. The van der Waals surface area contributed by atoms with Crippen molar-refractivity contribution in [2.75, 3.05) is 31.1 Å². The van der Waals surface area contributed by atoms with Gasteiger partial charge in [-0.05, 0) is 32.4 Å². The number of anilines is 1. The summed E-state index contributed by atoms with van der Waals surface area (Å²) in [5, 5.41) is 5.38. The van der Waals surface area contributed by atoms with Gasteiger partial charge in [-0.25, -0.2) is 14.6 Å². The van der Waals surface area contributed by atoms with E-state index in [4.69, 9.17) is 0 Å². The van der Waals surface area contributed by atoms with Gasteiger partial charge in [0, 0.05) is 26.2 Å². The van der Waals surface area contributed by atoms with Gasteiger partial charge in [0.05, 0.1) is 23.3 Å². The number of rotatable bonds is 7. The molecule has 7 nitrogen and oxygen atoms in total. The first-order valence-electron chi connectivity index (χ1n) is 9.76. The minimum Gasteiger partial charge on any atom is -0.353 e. The van der Waals surface area contributed by atoms with Gasteiger partial charge in [-0.3, -0.25) is 9.69 Å². The summed E-state index contributed by atoms with van der Waals surface area (Å²) in [6.45, 7) is 13.3. The van der Waals surface area contributed by atoms with Crippen LogP contribution in [0.15, 0.2) is 43.4 Å². The molecule has 148 valence electrons. The summed E-state index contributed by atoms with van der Waals surface area (Å²) >= 11 is 0. The summed E-state index contributed by atoms with van der Waals surface area (Å²) in [5.41, 5.74) is 1.54. The van der Waals surface area contributed by atoms with Gasteiger partial charge in [-0.2, -0.15) is 5.10 Å². The molecule has 1 atom stereocenters. The highest BCUT2D eigenvalue weighted by atomic mass is 16.1. The predicted molar refractivity (Wildman–Crippen MR) is 113 cm³/mol. The second kappa shape index (κ2) is 8.93. The first-order chi connectivity index (χ1) is 13.6. The molecule has 0 saturated carbocycles. The molecule has 0 amide bonds. The van der Waals surface area contributed by atoms with Crippen LogP contribution in [0.5, 0.6) is 0 Å². The van der Waals surface area contributed by atoms with Crippen LogP contribution in [0.2, 0.25) is 0 Å². The molecule has 1 aliphatic heterocycles. The van der Waals surface area contributed by atoms with Crippen molar-refractivity contribution in [1.29, 1.82) is 0 Å². The maximum atomic E-state index is 12.1. The van der Waals surface area contributed by atoms with E-state index in [0.29, 0.717) is 0 Å². The van der Waals surface area contributed by atoms with Crippen LogP contribution in [0.3, 0.4) is 0 Å². The first kappa shape index (κ1) is 19.9. The molecule has 7 heteroatoms. The van der Waals surface area contributed by atoms with Crippen LogP contribution in [0, 0.1) is 0 Å². The number of piperazine rings is 1. The Kier molecular flexibility index (Phi) is 6.36. The van der Waals surface area contributed by atoms with Gasteiger partial charge in [0.1, 0.15) is 12.1 Å². The summed E-state index contributed by atoms with van der Waals surface area (Å²) in [6, 6.07) is -0.0970. The number of ketones is 1. The van der Waals surface area contributed by atoms with Crippen molar-refractivity contribution in [3.8, 4) is 0 Å². The molecule has 1 saturated heterocycles. The summed E-state index contributed by atoms with van der Waals surface area (Å²) in [4.78, 5) is 25.5. The molecule has 2 aromatic rings. The monoisotopic (exact) mass is 380 g/mol. The van der Waals surface area contributed by atoms with Crippen molar-refractivity contribution in [3.05, 3.63) is 43.4 Å². The fourth-order valence-electron chi connectivity index (χ4n) is 3.42. The summed E-state index contributed by atoms with van der Waals surface area (Å²) in [7, 11) is 0. The number of fused-ring (bicyclic) bond motifs is 1. The molecule has 0 aromatic carbocycles. The summed E-state index contributed by atoms with van der Waals surface area (Å²) in [6.07, 6.45) is 11.8. The standard InChI is InChI=1S/C21H28N6O/c1-5-7-9-16(3)27-21-18(14-24-27)20(22-15-23-21)26-12-10-25(11-13-26)17(4)19(28)8-6-2/h6-9,14-15,17H,3,5,10-13H2,1-2,4H3/b8-6-,9-7?. The van der Waals surface area contributed by atoms with Gasteiger partial charge in [-0.1, -0.05) is 25.7 Å². The van der Waals surface area contributed by atoms with Crippen molar-refractivity contribution in [3.63, 3.8) is 0 Å². The van der Waals surface area contributed by atoms with Gasteiger partial charge in [-0.15, -0.1) is 0 Å². The second-order valence-corrected chi connectivity index (χ2v) is 6.89. The van der Waals surface area contributed by atoms with E-state index in [9.17, 15) is 4.79 Å². The van der Waals surface area contributed by atoms with Gasteiger partial charge in [0.15, 0.2) is 11.4 Å².